The molecule has 4 aromatic carbocycles. The lowest BCUT2D eigenvalue weighted by Gasteiger charge is -2.16. The average Bonchev–Trinajstić information content (AvgIpc) is 3.27. The van der Waals surface area contributed by atoms with Gasteiger partial charge in [0.25, 0.3) is 5.82 Å². The number of aromatic nitrogens is 2. The monoisotopic (exact) mass is 443 g/mol. The number of hydrogen-bond acceptors (Lipinski definition) is 2. The van der Waals surface area contributed by atoms with Crippen LogP contribution >= 0.6 is 0 Å². The van der Waals surface area contributed by atoms with E-state index in [2.05, 4.69) is 76.6 Å². The zero-order valence-corrected chi connectivity index (χ0v) is 19.2. The number of rotatable bonds is 2. The quantitative estimate of drug-likeness (QED) is 0.317. The van der Waals surface area contributed by atoms with Crippen LogP contribution in [-0.4, -0.2) is 11.8 Å². The Kier molecular flexibility index (Phi) is 4.95. The first-order chi connectivity index (χ1) is 16.7. The Labute approximate surface area is 199 Å². The molecule has 0 N–H and O–H groups in total. The van der Waals surface area contributed by atoms with E-state index < -0.39 is 7.25 Å². The van der Waals surface area contributed by atoms with Crippen molar-refractivity contribution in [3.63, 3.8) is 0 Å². The second-order valence-corrected chi connectivity index (χ2v) is 8.54. The highest BCUT2D eigenvalue weighted by molar-refractivity contribution is 6.36. The van der Waals surface area contributed by atoms with Gasteiger partial charge in [-0.3, -0.25) is 0 Å². The lowest BCUT2D eigenvalue weighted by Crippen LogP contribution is -2.60. The molecule has 1 aliphatic rings. The van der Waals surface area contributed by atoms with E-state index in [1.165, 1.54) is 5.56 Å². The van der Waals surface area contributed by atoms with Crippen molar-refractivity contribution >= 4 is 7.25 Å². The van der Waals surface area contributed by atoms with Crippen LogP contribution < -0.4 is 13.8 Å². The van der Waals surface area contributed by atoms with Gasteiger partial charge in [-0.15, -0.1) is 0 Å². The highest BCUT2D eigenvalue weighted by Gasteiger charge is 2.42. The van der Waals surface area contributed by atoms with Crippen molar-refractivity contribution < 1.29 is 13.8 Å². The summed E-state index contributed by atoms with van der Waals surface area (Å²) in [5.74, 6) is 2.56. The fourth-order valence-corrected chi connectivity index (χ4v) is 4.71. The van der Waals surface area contributed by atoms with Crippen molar-refractivity contribution in [1.29, 1.82) is 0 Å². The SMILES string of the molecule is Cc1ccccc1-c1n(C)cc[n+]1B1Oc2ccccc2-c2ccccc2-c2ccccc2O1. The van der Waals surface area contributed by atoms with E-state index in [4.69, 9.17) is 9.31 Å². The van der Waals surface area contributed by atoms with Gasteiger partial charge in [0.05, 0.1) is 12.6 Å². The number of hydrogen-bond donors (Lipinski definition) is 0. The summed E-state index contributed by atoms with van der Waals surface area (Å²) in [7, 11) is 1.35. The smallest absolute Gasteiger partial charge is 0.485 e. The van der Waals surface area contributed by atoms with Crippen LogP contribution in [0.15, 0.2) is 109 Å². The molecule has 4 nitrogen and oxygen atoms in total. The van der Waals surface area contributed by atoms with Gasteiger partial charge in [-0.1, -0.05) is 78.9 Å². The molecule has 1 aliphatic heterocycles. The predicted octanol–water partition coefficient (Wildman–Crippen LogP) is 5.93. The Morgan fingerprint density at radius 1 is 0.618 bits per heavy atom. The van der Waals surface area contributed by atoms with Crippen molar-refractivity contribution in [3.05, 3.63) is 115 Å². The van der Waals surface area contributed by atoms with Crippen molar-refractivity contribution in [2.75, 3.05) is 0 Å². The highest BCUT2D eigenvalue weighted by Crippen LogP contribution is 2.42. The summed E-state index contributed by atoms with van der Waals surface area (Å²) >= 11 is 0. The molecule has 1 aromatic heterocycles. The van der Waals surface area contributed by atoms with Crippen molar-refractivity contribution in [1.82, 2.24) is 4.57 Å². The maximum Gasteiger partial charge on any atom is 0.872 e. The maximum atomic E-state index is 6.66. The third kappa shape index (κ3) is 3.37. The van der Waals surface area contributed by atoms with Crippen LogP contribution in [0.5, 0.6) is 11.5 Å². The van der Waals surface area contributed by atoms with Gasteiger partial charge in [-0.05, 0) is 41.8 Å². The highest BCUT2D eigenvalue weighted by atomic mass is 16.6. The first-order valence-electron chi connectivity index (χ1n) is 11.4. The molecule has 0 unspecified atom stereocenters. The van der Waals surface area contributed by atoms with E-state index in [0.717, 1.165) is 45.1 Å². The number of para-hydroxylation sites is 2. The fraction of sp³-hybridized carbons (Fsp3) is 0.0690. The third-order valence-electron chi connectivity index (χ3n) is 6.38. The largest absolute Gasteiger partial charge is 0.872 e. The summed E-state index contributed by atoms with van der Waals surface area (Å²) in [6.45, 7) is 2.12. The lowest BCUT2D eigenvalue weighted by molar-refractivity contribution is -0.546. The van der Waals surface area contributed by atoms with Crippen LogP contribution in [0.2, 0.25) is 0 Å². The van der Waals surface area contributed by atoms with Gasteiger partial charge in [0, 0.05) is 11.1 Å². The van der Waals surface area contributed by atoms with Crippen LogP contribution in [0, 0.1) is 6.92 Å². The zero-order valence-electron chi connectivity index (χ0n) is 19.2. The van der Waals surface area contributed by atoms with E-state index in [9.17, 15) is 0 Å². The number of benzene rings is 4. The molecule has 5 aromatic rings. The van der Waals surface area contributed by atoms with Gasteiger partial charge in [0.15, 0.2) is 0 Å². The van der Waals surface area contributed by atoms with Crippen LogP contribution in [0.1, 0.15) is 5.56 Å². The number of imidazole rings is 1. The molecule has 0 amide bonds. The minimum atomic E-state index is -0.701. The Hall–Kier alpha value is -4.25. The van der Waals surface area contributed by atoms with E-state index in [1.54, 1.807) is 0 Å². The average molecular weight is 443 g/mol. The summed E-state index contributed by atoms with van der Waals surface area (Å²) in [4.78, 5) is 0. The van der Waals surface area contributed by atoms with E-state index in [0.29, 0.717) is 0 Å². The molecule has 164 valence electrons. The standard InChI is InChI=1S/C29H24BN2O2/c1-21-11-3-4-12-22(21)29-31(2)19-20-32(29)30-33-27-17-9-7-15-25(27)23-13-5-6-14-24(23)26-16-8-10-18-28(26)34-30/h3-20H,1-2H3/q+1. The summed E-state index contributed by atoms with van der Waals surface area (Å²) in [6.07, 6.45) is 4.05. The van der Waals surface area contributed by atoms with Gasteiger partial charge in [-0.25, -0.2) is 9.05 Å². The van der Waals surface area contributed by atoms with Crippen LogP contribution in [-0.2, 0) is 7.05 Å². The van der Waals surface area contributed by atoms with Gasteiger partial charge in [-0.2, -0.15) is 0 Å². The van der Waals surface area contributed by atoms with Crippen LogP contribution in [0.4, 0.5) is 0 Å². The first-order valence-corrected chi connectivity index (χ1v) is 11.4. The van der Waals surface area contributed by atoms with E-state index in [1.807, 2.05) is 55.8 Å². The van der Waals surface area contributed by atoms with Gasteiger partial charge in [0.2, 0.25) is 0 Å². The van der Waals surface area contributed by atoms with Gasteiger partial charge < -0.3 is 9.31 Å². The van der Waals surface area contributed by atoms with Crippen molar-refractivity contribution in [2.24, 2.45) is 7.05 Å². The molecule has 6 rings (SSSR count). The van der Waals surface area contributed by atoms with Crippen molar-refractivity contribution in [3.8, 4) is 45.1 Å². The lowest BCUT2D eigenvalue weighted by atomic mass is 9.93. The fourth-order valence-electron chi connectivity index (χ4n) is 4.71. The molecule has 0 fully saturated rings. The maximum absolute atomic E-state index is 6.66. The summed E-state index contributed by atoms with van der Waals surface area (Å²) in [5, 5.41) is 0. The summed E-state index contributed by atoms with van der Waals surface area (Å²) < 4.78 is 17.5. The van der Waals surface area contributed by atoms with Crippen molar-refractivity contribution in [2.45, 2.75) is 6.92 Å². The molecular formula is C29H24BN2O2+. The zero-order chi connectivity index (χ0) is 23.1. The summed E-state index contributed by atoms with van der Waals surface area (Å²) in [6, 6.07) is 33.1. The number of nitrogens with zero attached hydrogens (tertiary/aromatic N) is 2. The molecule has 0 spiro atoms. The van der Waals surface area contributed by atoms with E-state index >= 15 is 0 Å². The molecule has 0 aliphatic carbocycles. The molecular weight excluding hydrogens is 419 g/mol. The number of fused-ring (bicyclic) bond motifs is 5. The predicted molar refractivity (Wildman–Crippen MR) is 136 cm³/mol. The van der Waals surface area contributed by atoms with Crippen LogP contribution in [0.25, 0.3) is 33.6 Å². The van der Waals surface area contributed by atoms with Gasteiger partial charge >= 0.3 is 7.25 Å². The minimum Gasteiger partial charge on any atom is -0.485 e. The normalized spacial score (nSPS) is 12.2. The molecule has 0 bridgehead atoms. The Balaban J connectivity index is 1.59. The van der Waals surface area contributed by atoms with E-state index in [-0.39, 0.29) is 0 Å². The van der Waals surface area contributed by atoms with Crippen LogP contribution in [0.3, 0.4) is 0 Å². The molecule has 5 heteroatoms. The molecule has 0 saturated heterocycles. The molecule has 34 heavy (non-hydrogen) atoms. The minimum absolute atomic E-state index is 0.701. The second-order valence-electron chi connectivity index (χ2n) is 8.54. The summed E-state index contributed by atoms with van der Waals surface area (Å²) in [5.41, 5.74) is 6.63. The Morgan fingerprint density at radius 2 is 1.09 bits per heavy atom. The third-order valence-corrected chi connectivity index (χ3v) is 6.38. The Morgan fingerprint density at radius 3 is 1.65 bits per heavy atom. The second kappa shape index (κ2) is 8.27. The molecule has 0 atom stereocenters. The Bertz CT molecular complexity index is 1440. The van der Waals surface area contributed by atoms with Gasteiger partial charge in [0.1, 0.15) is 23.9 Å². The molecule has 2 heterocycles. The topological polar surface area (TPSA) is 27.3 Å². The number of aryl methyl sites for hydroxylation is 2. The molecule has 0 saturated carbocycles. The first kappa shape index (κ1) is 20.4. The molecule has 0 radical (unpaired) electrons.